The van der Waals surface area contributed by atoms with Gasteiger partial charge in [0.05, 0.1) is 4.47 Å². The van der Waals surface area contributed by atoms with Gasteiger partial charge in [-0.1, -0.05) is 6.07 Å². The van der Waals surface area contributed by atoms with Gasteiger partial charge in [0.25, 0.3) is 5.91 Å². The Morgan fingerprint density at radius 3 is 2.90 bits per heavy atom. The molecule has 2 unspecified atom stereocenters. The van der Waals surface area contributed by atoms with Crippen molar-refractivity contribution in [3.8, 4) is 5.75 Å². The molecule has 1 amide bonds. The van der Waals surface area contributed by atoms with E-state index in [1.54, 1.807) is 6.92 Å². The highest BCUT2D eigenvalue weighted by Gasteiger charge is 2.31. The summed E-state index contributed by atoms with van der Waals surface area (Å²) in [5.41, 5.74) is 6.86. The third kappa shape index (κ3) is 4.34. The number of likely N-dealkylation sites (tertiary alicyclic amines) is 1. The minimum Gasteiger partial charge on any atom is -0.480 e. The van der Waals surface area contributed by atoms with Crippen molar-refractivity contribution in [1.29, 1.82) is 0 Å². The van der Waals surface area contributed by atoms with Gasteiger partial charge in [-0.25, -0.2) is 0 Å². The average Bonchev–Trinajstić information content (AvgIpc) is 2.89. The standard InChI is InChI=1S/C15H21BrN2O2.ClH/c1-10-5-6-14(13(16)8-10)20-11(2)15(19)18-7-3-4-12(18)9-17;/h5-6,8,11-12H,3-4,7,9,17H2,1-2H3;1H. The zero-order valence-corrected chi connectivity index (χ0v) is 14.7. The van der Waals surface area contributed by atoms with Crippen LogP contribution in [0, 0.1) is 6.92 Å². The van der Waals surface area contributed by atoms with Crippen LogP contribution in [-0.2, 0) is 4.79 Å². The summed E-state index contributed by atoms with van der Waals surface area (Å²) < 4.78 is 6.66. The molecule has 0 saturated carbocycles. The van der Waals surface area contributed by atoms with E-state index in [1.807, 2.05) is 30.0 Å². The number of nitrogens with zero attached hydrogens (tertiary/aromatic N) is 1. The highest BCUT2D eigenvalue weighted by atomic mass is 79.9. The van der Waals surface area contributed by atoms with E-state index in [-0.39, 0.29) is 24.4 Å². The van der Waals surface area contributed by atoms with Crippen molar-refractivity contribution in [3.05, 3.63) is 28.2 Å². The molecule has 1 heterocycles. The van der Waals surface area contributed by atoms with E-state index < -0.39 is 6.10 Å². The summed E-state index contributed by atoms with van der Waals surface area (Å²) in [5.74, 6) is 0.713. The van der Waals surface area contributed by atoms with E-state index >= 15 is 0 Å². The molecule has 1 saturated heterocycles. The Labute approximate surface area is 140 Å². The maximum absolute atomic E-state index is 12.4. The van der Waals surface area contributed by atoms with E-state index in [9.17, 15) is 4.79 Å². The van der Waals surface area contributed by atoms with Gasteiger partial charge in [0.15, 0.2) is 6.10 Å². The topological polar surface area (TPSA) is 55.6 Å². The molecule has 1 aliphatic heterocycles. The molecule has 6 heteroatoms. The first-order valence-electron chi connectivity index (χ1n) is 6.96. The average molecular weight is 378 g/mol. The zero-order valence-electron chi connectivity index (χ0n) is 12.3. The fourth-order valence-corrected chi connectivity index (χ4v) is 3.13. The number of benzene rings is 1. The molecular weight excluding hydrogens is 356 g/mol. The van der Waals surface area contributed by atoms with E-state index in [1.165, 1.54) is 0 Å². The molecule has 0 radical (unpaired) electrons. The van der Waals surface area contributed by atoms with Gasteiger partial charge in [0.1, 0.15) is 5.75 Å². The highest BCUT2D eigenvalue weighted by molar-refractivity contribution is 9.10. The van der Waals surface area contributed by atoms with Crippen molar-refractivity contribution >= 4 is 34.2 Å². The summed E-state index contributed by atoms with van der Waals surface area (Å²) in [7, 11) is 0. The summed E-state index contributed by atoms with van der Waals surface area (Å²) in [6.07, 6.45) is 1.51. The van der Waals surface area contributed by atoms with Crippen LogP contribution in [0.15, 0.2) is 22.7 Å². The second-order valence-corrected chi connectivity index (χ2v) is 6.11. The molecule has 1 aliphatic rings. The largest absolute Gasteiger partial charge is 0.480 e. The Morgan fingerprint density at radius 1 is 1.57 bits per heavy atom. The first-order valence-corrected chi connectivity index (χ1v) is 7.75. The maximum Gasteiger partial charge on any atom is 0.263 e. The van der Waals surface area contributed by atoms with E-state index in [0.29, 0.717) is 12.3 Å². The monoisotopic (exact) mass is 376 g/mol. The van der Waals surface area contributed by atoms with Crippen LogP contribution in [0.3, 0.4) is 0 Å². The third-order valence-corrected chi connectivity index (χ3v) is 4.29. The summed E-state index contributed by atoms with van der Waals surface area (Å²) in [5, 5.41) is 0. The van der Waals surface area contributed by atoms with Crippen LogP contribution in [-0.4, -0.2) is 36.0 Å². The Hall–Kier alpha value is -0.780. The lowest BCUT2D eigenvalue weighted by Gasteiger charge is -2.27. The minimum atomic E-state index is -0.499. The summed E-state index contributed by atoms with van der Waals surface area (Å²) in [4.78, 5) is 14.3. The third-order valence-electron chi connectivity index (χ3n) is 3.67. The van der Waals surface area contributed by atoms with Gasteiger partial charge in [0, 0.05) is 19.1 Å². The molecule has 21 heavy (non-hydrogen) atoms. The normalized spacial score (nSPS) is 19.0. The first-order chi connectivity index (χ1) is 9.52. The summed E-state index contributed by atoms with van der Waals surface area (Å²) in [6, 6.07) is 5.99. The molecule has 0 spiro atoms. The second kappa shape index (κ2) is 8.01. The van der Waals surface area contributed by atoms with Crippen LogP contribution in [0.2, 0.25) is 0 Å². The summed E-state index contributed by atoms with van der Waals surface area (Å²) in [6.45, 7) is 5.11. The quantitative estimate of drug-likeness (QED) is 0.878. The molecule has 2 rings (SSSR count). The molecule has 118 valence electrons. The van der Waals surface area contributed by atoms with E-state index in [0.717, 1.165) is 29.4 Å². The van der Waals surface area contributed by atoms with Crippen LogP contribution in [0.1, 0.15) is 25.3 Å². The van der Waals surface area contributed by atoms with Crippen molar-refractivity contribution in [2.45, 2.75) is 38.8 Å². The van der Waals surface area contributed by atoms with Crippen LogP contribution >= 0.6 is 28.3 Å². The van der Waals surface area contributed by atoms with Gasteiger partial charge in [-0.2, -0.15) is 0 Å². The van der Waals surface area contributed by atoms with Gasteiger partial charge in [-0.05, 0) is 60.3 Å². The molecular formula is C15H22BrClN2O2. The number of ether oxygens (including phenoxy) is 1. The zero-order chi connectivity index (χ0) is 14.7. The highest BCUT2D eigenvalue weighted by Crippen LogP contribution is 2.27. The Balaban J connectivity index is 0.00000220. The number of carbonyl (C=O) groups is 1. The maximum atomic E-state index is 12.4. The fourth-order valence-electron chi connectivity index (χ4n) is 2.55. The second-order valence-electron chi connectivity index (χ2n) is 5.26. The van der Waals surface area contributed by atoms with Gasteiger partial charge in [0.2, 0.25) is 0 Å². The van der Waals surface area contributed by atoms with Crippen LogP contribution in [0.25, 0.3) is 0 Å². The first kappa shape index (κ1) is 18.3. The van der Waals surface area contributed by atoms with Crippen LogP contribution < -0.4 is 10.5 Å². The van der Waals surface area contributed by atoms with E-state index in [4.69, 9.17) is 10.5 Å². The minimum absolute atomic E-state index is 0. The van der Waals surface area contributed by atoms with Gasteiger partial charge < -0.3 is 15.4 Å². The Bertz CT molecular complexity index is 499. The van der Waals surface area contributed by atoms with Crippen LogP contribution in [0.5, 0.6) is 5.75 Å². The smallest absolute Gasteiger partial charge is 0.263 e. The number of nitrogens with two attached hydrogens (primary N) is 1. The number of carbonyl (C=O) groups excluding carboxylic acids is 1. The number of hydrogen-bond donors (Lipinski definition) is 1. The number of hydrogen-bond acceptors (Lipinski definition) is 3. The summed E-state index contributed by atoms with van der Waals surface area (Å²) >= 11 is 3.46. The Morgan fingerprint density at radius 2 is 2.29 bits per heavy atom. The molecule has 1 aromatic rings. The predicted octanol–water partition coefficient (Wildman–Crippen LogP) is 2.90. The molecule has 4 nitrogen and oxygen atoms in total. The van der Waals surface area contributed by atoms with Crippen molar-refractivity contribution in [3.63, 3.8) is 0 Å². The molecule has 0 aromatic heterocycles. The lowest BCUT2D eigenvalue weighted by Crippen LogP contribution is -2.45. The lowest BCUT2D eigenvalue weighted by molar-refractivity contribution is -0.138. The molecule has 2 atom stereocenters. The van der Waals surface area contributed by atoms with Gasteiger partial charge >= 0.3 is 0 Å². The van der Waals surface area contributed by atoms with Gasteiger partial charge in [-0.3, -0.25) is 4.79 Å². The SMILES string of the molecule is Cc1ccc(OC(C)C(=O)N2CCCC2CN)c(Br)c1.Cl. The van der Waals surface area contributed by atoms with E-state index in [2.05, 4.69) is 15.9 Å². The van der Waals surface area contributed by atoms with Crippen LogP contribution in [0.4, 0.5) is 0 Å². The van der Waals surface area contributed by atoms with Crippen molar-refractivity contribution < 1.29 is 9.53 Å². The lowest BCUT2D eigenvalue weighted by atomic mass is 10.2. The molecule has 0 bridgehead atoms. The van der Waals surface area contributed by atoms with Crippen molar-refractivity contribution in [1.82, 2.24) is 4.90 Å². The number of amides is 1. The molecule has 0 aliphatic carbocycles. The molecule has 2 N–H and O–H groups in total. The number of rotatable bonds is 4. The number of halogens is 2. The fraction of sp³-hybridized carbons (Fsp3) is 0.533. The van der Waals surface area contributed by atoms with Crippen molar-refractivity contribution in [2.24, 2.45) is 5.73 Å². The van der Waals surface area contributed by atoms with Crippen molar-refractivity contribution in [2.75, 3.05) is 13.1 Å². The number of aryl methyl sites for hydroxylation is 1. The van der Waals surface area contributed by atoms with Gasteiger partial charge in [-0.15, -0.1) is 12.4 Å². The molecule has 1 aromatic carbocycles. The Kier molecular flexibility index (Phi) is 6.97. The predicted molar refractivity (Wildman–Crippen MR) is 90.0 cm³/mol. The molecule has 1 fully saturated rings.